The molecule has 0 fully saturated rings. The number of anilines is 1. The second-order valence-electron chi connectivity index (χ2n) is 7.49. The summed E-state index contributed by atoms with van der Waals surface area (Å²) in [7, 11) is 0. The summed E-state index contributed by atoms with van der Waals surface area (Å²) in [6.07, 6.45) is 3.44. The maximum atomic E-state index is 7.48. The van der Waals surface area contributed by atoms with Crippen molar-refractivity contribution in [2.24, 2.45) is 0 Å². The summed E-state index contributed by atoms with van der Waals surface area (Å²) >= 11 is 0. The van der Waals surface area contributed by atoms with Crippen LogP contribution in [0.3, 0.4) is 0 Å². The summed E-state index contributed by atoms with van der Waals surface area (Å²) in [5.41, 5.74) is 7.38. The van der Waals surface area contributed by atoms with Gasteiger partial charge in [0.25, 0.3) is 0 Å². The van der Waals surface area contributed by atoms with E-state index < -0.39 is 0 Å². The average Bonchev–Trinajstić information content (AvgIpc) is 3.44. The molecule has 0 aliphatic heterocycles. The van der Waals surface area contributed by atoms with Crippen molar-refractivity contribution in [2.45, 2.75) is 20.4 Å². The number of nitrogens with one attached hydrogen (secondary N) is 2. The Morgan fingerprint density at radius 2 is 1.94 bits per heavy atom. The van der Waals surface area contributed by atoms with Gasteiger partial charge in [0.1, 0.15) is 12.2 Å². The molecule has 0 aliphatic rings. The van der Waals surface area contributed by atoms with Crippen molar-refractivity contribution < 1.29 is 0 Å². The van der Waals surface area contributed by atoms with E-state index in [1.165, 1.54) is 6.33 Å². The maximum absolute atomic E-state index is 7.48. The third-order valence-electron chi connectivity index (χ3n) is 5.24. The number of rotatable bonds is 5. The van der Waals surface area contributed by atoms with Crippen molar-refractivity contribution >= 4 is 17.0 Å². The first-order valence-electron chi connectivity index (χ1n) is 10.2. The van der Waals surface area contributed by atoms with Crippen LogP contribution in [0, 0.1) is 20.4 Å². The minimum absolute atomic E-state index is 0.441. The molecule has 0 unspecified atom stereocenters. The van der Waals surface area contributed by atoms with Gasteiger partial charge in [0.15, 0.2) is 5.65 Å². The van der Waals surface area contributed by atoms with Gasteiger partial charge in [-0.2, -0.15) is 5.10 Å². The highest BCUT2D eigenvalue weighted by molar-refractivity contribution is 5.77. The van der Waals surface area contributed by atoms with Crippen molar-refractivity contribution in [2.75, 3.05) is 5.32 Å². The molecule has 8 heteroatoms. The molecule has 0 atom stereocenters. The largest absolute Gasteiger partial charge is 0.386 e. The van der Waals surface area contributed by atoms with E-state index in [1.807, 2.05) is 68.6 Å². The molecule has 32 heavy (non-hydrogen) atoms. The lowest BCUT2D eigenvalue weighted by Gasteiger charge is -2.08. The lowest BCUT2D eigenvalue weighted by atomic mass is 10.1. The lowest BCUT2D eigenvalue weighted by Crippen LogP contribution is -2.02. The summed E-state index contributed by atoms with van der Waals surface area (Å²) in [4.78, 5) is 20.9. The number of imidazole rings is 1. The highest BCUT2D eigenvalue weighted by Gasteiger charge is 2.17. The number of hydrogen-bond acceptors (Lipinski definition) is 5. The summed E-state index contributed by atoms with van der Waals surface area (Å²) in [5.74, 6) is 0.745. The molecule has 5 rings (SSSR count). The maximum Gasteiger partial charge on any atom is 0.212 e. The molecule has 2 N–H and O–H groups in total. The molecule has 156 valence electrons. The van der Waals surface area contributed by atoms with Crippen LogP contribution in [0.1, 0.15) is 17.1 Å². The van der Waals surface area contributed by atoms with Gasteiger partial charge in [-0.3, -0.25) is 4.98 Å². The minimum Gasteiger partial charge on any atom is -0.386 e. The zero-order chi connectivity index (χ0) is 22.1. The Balaban J connectivity index is 1.55. The Bertz CT molecular complexity index is 1470. The fourth-order valence-corrected chi connectivity index (χ4v) is 3.67. The van der Waals surface area contributed by atoms with E-state index in [2.05, 4.69) is 30.2 Å². The van der Waals surface area contributed by atoms with E-state index >= 15 is 0 Å². The van der Waals surface area contributed by atoms with Crippen LogP contribution in [0.2, 0.25) is 0 Å². The van der Waals surface area contributed by atoms with Crippen LogP contribution in [0.4, 0.5) is 11.4 Å². The molecule has 4 aromatic heterocycles. The molecule has 0 aliphatic carbocycles. The molecule has 0 saturated heterocycles. The lowest BCUT2D eigenvalue weighted by molar-refractivity contribution is 0.960. The highest BCUT2D eigenvalue weighted by Crippen LogP contribution is 2.31. The number of aromatic nitrogens is 6. The first-order valence-corrected chi connectivity index (χ1v) is 10.2. The fraction of sp³-hybridized carbons (Fsp3) is 0.125. The van der Waals surface area contributed by atoms with Crippen LogP contribution in [-0.4, -0.2) is 29.5 Å². The average molecular weight is 420 g/mol. The SMILES string of the molecule is [C-]#[N+]c1c(C)cccc1NCc1nc(-c2ccc3ncnn3c2)c(-c2cccc(C)n2)[nH]1. The zero-order valence-electron chi connectivity index (χ0n) is 17.7. The van der Waals surface area contributed by atoms with Gasteiger partial charge in [-0.05, 0) is 49.7 Å². The summed E-state index contributed by atoms with van der Waals surface area (Å²) in [5, 5.41) is 7.59. The van der Waals surface area contributed by atoms with Gasteiger partial charge in [0.2, 0.25) is 5.69 Å². The van der Waals surface area contributed by atoms with Crippen LogP contribution in [0.5, 0.6) is 0 Å². The van der Waals surface area contributed by atoms with Crippen molar-refractivity contribution in [3.05, 3.63) is 89.6 Å². The third kappa shape index (κ3) is 3.56. The number of para-hydroxylation sites is 1. The van der Waals surface area contributed by atoms with Crippen LogP contribution < -0.4 is 5.32 Å². The standard InChI is InChI=1S/C24H20N8/c1-15-6-4-8-18(22(15)25-3)26-12-20-30-23(17-10-11-21-27-14-28-32(21)13-17)24(31-20)19-9-5-7-16(2)29-19/h4-11,13-14,26H,12H2,1-2H3,(H,30,31). The molecular formula is C24H20N8. The van der Waals surface area contributed by atoms with Crippen molar-refractivity contribution in [1.82, 2.24) is 29.5 Å². The Hall–Kier alpha value is -4.51. The first-order chi connectivity index (χ1) is 15.6. The first kappa shape index (κ1) is 19.5. The molecule has 0 bridgehead atoms. The zero-order valence-corrected chi connectivity index (χ0v) is 17.7. The van der Waals surface area contributed by atoms with Crippen LogP contribution >= 0.6 is 0 Å². The topological polar surface area (TPSA) is 88.2 Å². The predicted octanol–water partition coefficient (Wildman–Crippen LogP) is 4.96. The predicted molar refractivity (Wildman–Crippen MR) is 123 cm³/mol. The van der Waals surface area contributed by atoms with E-state index in [-0.39, 0.29) is 0 Å². The fourth-order valence-electron chi connectivity index (χ4n) is 3.67. The van der Waals surface area contributed by atoms with Crippen molar-refractivity contribution in [1.29, 1.82) is 0 Å². The number of hydrogen-bond donors (Lipinski definition) is 2. The molecule has 0 saturated carbocycles. The number of pyridine rings is 2. The van der Waals surface area contributed by atoms with Gasteiger partial charge in [-0.25, -0.2) is 19.3 Å². The van der Waals surface area contributed by atoms with Crippen LogP contribution in [0.15, 0.2) is 61.1 Å². The Morgan fingerprint density at radius 1 is 1.06 bits per heavy atom. The summed E-state index contributed by atoms with van der Waals surface area (Å²) in [6.45, 7) is 11.8. The van der Waals surface area contributed by atoms with Gasteiger partial charge in [-0.1, -0.05) is 18.2 Å². The van der Waals surface area contributed by atoms with E-state index in [1.54, 1.807) is 4.52 Å². The molecule has 1 aromatic carbocycles. The van der Waals surface area contributed by atoms with Gasteiger partial charge in [-0.15, -0.1) is 0 Å². The monoisotopic (exact) mass is 420 g/mol. The van der Waals surface area contributed by atoms with E-state index in [0.29, 0.717) is 12.2 Å². The Morgan fingerprint density at radius 3 is 2.78 bits per heavy atom. The van der Waals surface area contributed by atoms with Crippen LogP contribution in [-0.2, 0) is 6.54 Å². The van der Waals surface area contributed by atoms with Crippen molar-refractivity contribution in [3.63, 3.8) is 0 Å². The van der Waals surface area contributed by atoms with Gasteiger partial charge >= 0.3 is 0 Å². The molecule has 0 spiro atoms. The second-order valence-corrected chi connectivity index (χ2v) is 7.49. The van der Waals surface area contributed by atoms with Gasteiger partial charge in [0.05, 0.1) is 30.2 Å². The third-order valence-corrected chi connectivity index (χ3v) is 5.24. The Kier molecular flexibility index (Phi) is 4.84. The minimum atomic E-state index is 0.441. The normalized spacial score (nSPS) is 10.9. The molecule has 0 radical (unpaired) electrons. The molecule has 4 heterocycles. The molecule has 0 amide bonds. The number of aryl methyl sites for hydroxylation is 2. The number of fused-ring (bicyclic) bond motifs is 1. The van der Waals surface area contributed by atoms with Gasteiger partial charge < -0.3 is 10.3 Å². The van der Waals surface area contributed by atoms with Crippen LogP contribution in [0.25, 0.3) is 33.1 Å². The number of aromatic amines is 1. The van der Waals surface area contributed by atoms with Gasteiger partial charge in [0, 0.05) is 23.1 Å². The second kappa shape index (κ2) is 7.96. The molecular weight excluding hydrogens is 400 g/mol. The van der Waals surface area contributed by atoms with E-state index in [0.717, 1.165) is 51.1 Å². The molecule has 8 nitrogen and oxygen atoms in total. The molecule has 5 aromatic rings. The van der Waals surface area contributed by atoms with E-state index in [9.17, 15) is 0 Å². The highest BCUT2D eigenvalue weighted by atomic mass is 15.3. The number of H-pyrrole nitrogens is 1. The summed E-state index contributed by atoms with van der Waals surface area (Å²) in [6, 6.07) is 15.6. The summed E-state index contributed by atoms with van der Waals surface area (Å²) < 4.78 is 1.73. The Labute approximate surface area is 184 Å². The smallest absolute Gasteiger partial charge is 0.212 e. The van der Waals surface area contributed by atoms with E-state index in [4.69, 9.17) is 11.6 Å². The number of nitrogens with zero attached hydrogens (tertiary/aromatic N) is 6. The number of benzene rings is 1. The quantitative estimate of drug-likeness (QED) is 0.392. The van der Waals surface area contributed by atoms with Crippen molar-refractivity contribution in [3.8, 4) is 22.6 Å².